The molecule has 7 heteroatoms. The summed E-state index contributed by atoms with van der Waals surface area (Å²) >= 11 is 5.76. The molecule has 0 radical (unpaired) electrons. The van der Waals surface area contributed by atoms with Crippen LogP contribution in [0.15, 0.2) is 47.6 Å². The minimum Gasteiger partial charge on any atom is -0.505 e. The van der Waals surface area contributed by atoms with Crippen molar-refractivity contribution in [1.82, 2.24) is 9.97 Å². The Morgan fingerprint density at radius 2 is 1.89 bits per heavy atom. The first-order chi connectivity index (χ1) is 12.9. The highest BCUT2D eigenvalue weighted by Crippen LogP contribution is 2.32. The SMILES string of the molecule is Cc1cc(-c2nccc(C(C#N)=Nc3ccc(F)c(Cl)c3)c2O)cc(C)n1. The molecule has 27 heavy (non-hydrogen) atoms. The Morgan fingerprint density at radius 3 is 2.52 bits per heavy atom. The molecule has 0 fully saturated rings. The number of hydrogen-bond donors (Lipinski definition) is 1. The van der Waals surface area contributed by atoms with Crippen LogP contribution in [0, 0.1) is 31.0 Å². The second kappa shape index (κ2) is 7.52. The fourth-order valence-electron chi connectivity index (χ4n) is 2.66. The molecule has 0 saturated carbocycles. The third-order valence-corrected chi connectivity index (χ3v) is 4.07. The molecule has 0 amide bonds. The topological polar surface area (TPSA) is 82.2 Å². The van der Waals surface area contributed by atoms with Crippen LogP contribution in [0.3, 0.4) is 0 Å². The molecule has 0 aliphatic heterocycles. The standard InChI is InChI=1S/C20H14ClFN4O/c1-11-7-13(8-12(2)25-11)19-20(27)15(5-6-24-19)18(10-23)26-14-3-4-17(22)16(21)9-14/h3-9,27H,1-2H3. The van der Waals surface area contributed by atoms with Crippen LogP contribution >= 0.6 is 11.6 Å². The van der Waals surface area contributed by atoms with E-state index >= 15 is 0 Å². The van der Waals surface area contributed by atoms with E-state index in [1.54, 1.807) is 12.1 Å². The van der Waals surface area contributed by atoms with Gasteiger partial charge in [-0.2, -0.15) is 5.26 Å². The van der Waals surface area contributed by atoms with Crippen LogP contribution in [0.4, 0.5) is 10.1 Å². The van der Waals surface area contributed by atoms with E-state index in [1.807, 2.05) is 19.9 Å². The van der Waals surface area contributed by atoms with Gasteiger partial charge in [0.05, 0.1) is 16.3 Å². The van der Waals surface area contributed by atoms with E-state index in [4.69, 9.17) is 11.6 Å². The molecule has 0 unspecified atom stereocenters. The molecule has 0 aliphatic carbocycles. The fourth-order valence-corrected chi connectivity index (χ4v) is 2.83. The first-order valence-electron chi connectivity index (χ1n) is 7.97. The maximum Gasteiger partial charge on any atom is 0.152 e. The lowest BCUT2D eigenvalue weighted by molar-refractivity contribution is 0.474. The number of aliphatic imine (C=N–C) groups is 1. The smallest absolute Gasteiger partial charge is 0.152 e. The maximum absolute atomic E-state index is 13.3. The Morgan fingerprint density at radius 1 is 1.19 bits per heavy atom. The molecule has 1 N–H and O–H groups in total. The highest BCUT2D eigenvalue weighted by Gasteiger charge is 2.16. The summed E-state index contributed by atoms with van der Waals surface area (Å²) in [7, 11) is 0. The lowest BCUT2D eigenvalue weighted by Crippen LogP contribution is -2.00. The Bertz CT molecular complexity index is 1090. The summed E-state index contributed by atoms with van der Waals surface area (Å²) in [6.07, 6.45) is 1.49. The van der Waals surface area contributed by atoms with Crippen LogP contribution in [0.25, 0.3) is 11.3 Å². The number of nitriles is 1. The molecule has 0 bridgehead atoms. The van der Waals surface area contributed by atoms with E-state index in [1.165, 1.54) is 24.4 Å². The van der Waals surface area contributed by atoms with Gasteiger partial charge in [-0.1, -0.05) is 11.6 Å². The molecule has 0 aliphatic rings. The molecule has 2 aromatic heterocycles. The Kier molecular flexibility index (Phi) is 5.15. The van der Waals surface area contributed by atoms with Gasteiger partial charge < -0.3 is 5.11 Å². The lowest BCUT2D eigenvalue weighted by atomic mass is 10.0. The molecule has 3 aromatic rings. The Balaban J connectivity index is 2.12. The van der Waals surface area contributed by atoms with Crippen LogP contribution < -0.4 is 0 Å². The van der Waals surface area contributed by atoms with E-state index in [0.29, 0.717) is 16.9 Å². The number of halogens is 2. The average Bonchev–Trinajstić information content (AvgIpc) is 2.62. The van der Waals surface area contributed by atoms with Crippen molar-refractivity contribution in [3.63, 3.8) is 0 Å². The third-order valence-electron chi connectivity index (χ3n) is 3.78. The summed E-state index contributed by atoms with van der Waals surface area (Å²) in [6, 6.07) is 10.9. The van der Waals surface area contributed by atoms with Crippen LogP contribution in [-0.2, 0) is 0 Å². The van der Waals surface area contributed by atoms with E-state index in [9.17, 15) is 14.8 Å². The summed E-state index contributed by atoms with van der Waals surface area (Å²) in [6.45, 7) is 3.69. The van der Waals surface area contributed by atoms with Crippen molar-refractivity contribution in [3.05, 3.63) is 70.4 Å². The molecule has 0 atom stereocenters. The number of rotatable bonds is 3. The van der Waals surface area contributed by atoms with Crippen LogP contribution in [0.1, 0.15) is 17.0 Å². The Hall–Kier alpha value is -3.30. The third kappa shape index (κ3) is 3.94. The molecule has 0 saturated heterocycles. The molecule has 0 spiro atoms. The monoisotopic (exact) mass is 380 g/mol. The van der Waals surface area contributed by atoms with Gasteiger partial charge in [0.15, 0.2) is 11.5 Å². The second-order valence-electron chi connectivity index (χ2n) is 5.86. The predicted molar refractivity (Wildman–Crippen MR) is 102 cm³/mol. The van der Waals surface area contributed by atoms with E-state index < -0.39 is 5.82 Å². The van der Waals surface area contributed by atoms with Crippen molar-refractivity contribution < 1.29 is 9.50 Å². The van der Waals surface area contributed by atoms with Gasteiger partial charge in [-0.3, -0.25) is 9.97 Å². The summed E-state index contributed by atoms with van der Waals surface area (Å²) in [5.41, 5.74) is 3.05. The second-order valence-corrected chi connectivity index (χ2v) is 6.27. The predicted octanol–water partition coefficient (Wildman–Crippen LogP) is 4.90. The molecule has 2 heterocycles. The zero-order chi connectivity index (χ0) is 19.6. The summed E-state index contributed by atoms with van der Waals surface area (Å²) in [4.78, 5) is 12.7. The van der Waals surface area contributed by atoms with E-state index in [-0.39, 0.29) is 22.0 Å². The van der Waals surface area contributed by atoms with Gasteiger partial charge in [-0.05, 0) is 50.2 Å². The van der Waals surface area contributed by atoms with E-state index in [0.717, 1.165) is 17.5 Å². The van der Waals surface area contributed by atoms with Gasteiger partial charge in [0.2, 0.25) is 0 Å². The van der Waals surface area contributed by atoms with Gasteiger partial charge in [-0.25, -0.2) is 9.38 Å². The highest BCUT2D eigenvalue weighted by molar-refractivity contribution is 6.31. The Labute approximate surface area is 160 Å². The first kappa shape index (κ1) is 18.5. The number of hydrogen-bond acceptors (Lipinski definition) is 5. The zero-order valence-corrected chi connectivity index (χ0v) is 15.3. The van der Waals surface area contributed by atoms with Gasteiger partial charge in [-0.15, -0.1) is 0 Å². The summed E-state index contributed by atoms with van der Waals surface area (Å²) in [5.74, 6) is -0.748. The maximum atomic E-state index is 13.3. The normalized spacial score (nSPS) is 11.3. The van der Waals surface area contributed by atoms with E-state index in [2.05, 4.69) is 15.0 Å². The molecule has 1 aromatic carbocycles. The minimum absolute atomic E-state index is 0.0404. The number of benzene rings is 1. The molecular formula is C20H14ClFN4O. The van der Waals surface area contributed by atoms with Crippen molar-refractivity contribution in [2.45, 2.75) is 13.8 Å². The van der Waals surface area contributed by atoms with Gasteiger partial charge in [0.25, 0.3) is 0 Å². The van der Waals surface area contributed by atoms with Crippen molar-refractivity contribution >= 4 is 23.0 Å². The van der Waals surface area contributed by atoms with Crippen LogP contribution in [0.2, 0.25) is 5.02 Å². The van der Waals surface area contributed by atoms with Crippen molar-refractivity contribution in [3.8, 4) is 23.1 Å². The largest absolute Gasteiger partial charge is 0.505 e. The first-order valence-corrected chi connectivity index (χ1v) is 8.34. The number of aromatic hydroxyl groups is 1. The number of nitrogens with zero attached hydrogens (tertiary/aromatic N) is 4. The fraction of sp³-hybridized carbons (Fsp3) is 0.100. The average molecular weight is 381 g/mol. The minimum atomic E-state index is -0.577. The van der Waals surface area contributed by atoms with Gasteiger partial charge in [0, 0.05) is 23.1 Å². The van der Waals surface area contributed by atoms with Crippen molar-refractivity contribution in [2.24, 2.45) is 4.99 Å². The van der Waals surface area contributed by atoms with Crippen molar-refractivity contribution in [1.29, 1.82) is 5.26 Å². The van der Waals surface area contributed by atoms with Crippen LogP contribution in [-0.4, -0.2) is 20.8 Å². The van der Waals surface area contributed by atoms with Gasteiger partial charge in [0.1, 0.15) is 17.6 Å². The van der Waals surface area contributed by atoms with Gasteiger partial charge >= 0.3 is 0 Å². The summed E-state index contributed by atoms with van der Waals surface area (Å²) < 4.78 is 13.3. The lowest BCUT2D eigenvalue weighted by Gasteiger charge is -2.09. The quantitative estimate of drug-likeness (QED) is 0.655. The van der Waals surface area contributed by atoms with Crippen molar-refractivity contribution in [2.75, 3.05) is 0 Å². The number of aryl methyl sites for hydroxylation is 2. The molecule has 5 nitrogen and oxygen atoms in total. The molecular weight excluding hydrogens is 367 g/mol. The zero-order valence-electron chi connectivity index (χ0n) is 14.5. The molecule has 3 rings (SSSR count). The van der Waals surface area contributed by atoms with Crippen LogP contribution in [0.5, 0.6) is 5.75 Å². The number of aromatic nitrogens is 2. The highest BCUT2D eigenvalue weighted by atomic mass is 35.5. The number of pyridine rings is 2. The molecule has 134 valence electrons. The summed E-state index contributed by atoms with van der Waals surface area (Å²) in [5, 5.41) is 20.1.